The van der Waals surface area contributed by atoms with Gasteiger partial charge in [0.2, 0.25) is 6.79 Å². The van der Waals surface area contributed by atoms with E-state index in [1.165, 1.54) is 16.7 Å². The lowest BCUT2D eigenvalue weighted by molar-refractivity contribution is 0.174. The molecular formula is C24H27NO3. The Balaban J connectivity index is 1.51. The Labute approximate surface area is 166 Å². The fraction of sp³-hybridized carbons (Fsp3) is 0.333. The summed E-state index contributed by atoms with van der Waals surface area (Å²) in [5.41, 5.74) is 3.89. The van der Waals surface area contributed by atoms with E-state index < -0.39 is 0 Å². The number of allylic oxidation sites excluding steroid dienone is 3. The molecule has 1 aliphatic heterocycles. The van der Waals surface area contributed by atoms with Crippen LogP contribution in [0.25, 0.3) is 0 Å². The zero-order valence-electron chi connectivity index (χ0n) is 16.3. The molecule has 2 aromatic rings. The second kappa shape index (κ2) is 8.98. The third kappa shape index (κ3) is 4.23. The van der Waals surface area contributed by atoms with Gasteiger partial charge in [-0.2, -0.15) is 0 Å². The van der Waals surface area contributed by atoms with E-state index >= 15 is 0 Å². The summed E-state index contributed by atoms with van der Waals surface area (Å²) in [6, 6.07) is 14.5. The minimum Gasteiger partial charge on any atom is -0.496 e. The molecule has 0 bridgehead atoms. The van der Waals surface area contributed by atoms with Crippen LogP contribution in [-0.4, -0.2) is 27.0 Å². The molecule has 1 heterocycles. The number of benzene rings is 2. The number of hydrogen-bond donors (Lipinski definition) is 1. The molecule has 1 unspecified atom stereocenters. The Morgan fingerprint density at radius 1 is 1.11 bits per heavy atom. The van der Waals surface area contributed by atoms with Crippen LogP contribution in [0.5, 0.6) is 17.2 Å². The second-order valence-electron chi connectivity index (χ2n) is 7.16. The first-order valence-electron chi connectivity index (χ1n) is 9.93. The average molecular weight is 377 g/mol. The molecule has 2 aromatic carbocycles. The van der Waals surface area contributed by atoms with E-state index in [0.29, 0.717) is 6.79 Å². The fourth-order valence-corrected chi connectivity index (χ4v) is 3.88. The largest absolute Gasteiger partial charge is 0.496 e. The molecule has 0 saturated carbocycles. The van der Waals surface area contributed by atoms with Crippen molar-refractivity contribution in [3.8, 4) is 17.2 Å². The van der Waals surface area contributed by atoms with Gasteiger partial charge in [0.15, 0.2) is 11.5 Å². The quantitative estimate of drug-likeness (QED) is 0.670. The lowest BCUT2D eigenvalue weighted by Crippen LogP contribution is -2.21. The molecule has 4 rings (SSSR count). The molecule has 146 valence electrons. The van der Waals surface area contributed by atoms with Gasteiger partial charge in [0.1, 0.15) is 5.75 Å². The minimum atomic E-state index is 0.221. The van der Waals surface area contributed by atoms with Gasteiger partial charge in [-0.15, -0.1) is 0 Å². The summed E-state index contributed by atoms with van der Waals surface area (Å²) in [4.78, 5) is 0. The Morgan fingerprint density at radius 2 is 2.00 bits per heavy atom. The van der Waals surface area contributed by atoms with E-state index in [-0.39, 0.29) is 5.92 Å². The van der Waals surface area contributed by atoms with Crippen molar-refractivity contribution in [1.82, 2.24) is 5.32 Å². The van der Waals surface area contributed by atoms with E-state index in [9.17, 15) is 0 Å². The third-order valence-corrected chi connectivity index (χ3v) is 5.38. The summed E-state index contributed by atoms with van der Waals surface area (Å²) in [5.74, 6) is 2.78. The molecule has 4 nitrogen and oxygen atoms in total. The highest BCUT2D eigenvalue weighted by atomic mass is 16.7. The number of hydrogen-bond acceptors (Lipinski definition) is 4. The van der Waals surface area contributed by atoms with Crippen LogP contribution >= 0.6 is 0 Å². The number of methoxy groups -OCH3 is 1. The summed E-state index contributed by atoms with van der Waals surface area (Å²) in [6.45, 7) is 2.17. The molecule has 2 aliphatic rings. The monoisotopic (exact) mass is 377 g/mol. The van der Waals surface area contributed by atoms with Gasteiger partial charge in [0.25, 0.3) is 0 Å². The number of ether oxygens (including phenoxy) is 3. The predicted molar refractivity (Wildman–Crippen MR) is 111 cm³/mol. The molecule has 1 atom stereocenters. The highest BCUT2D eigenvalue weighted by molar-refractivity contribution is 5.49. The number of rotatable bonds is 8. The molecule has 0 saturated heterocycles. The van der Waals surface area contributed by atoms with Crippen molar-refractivity contribution in [2.45, 2.75) is 25.2 Å². The maximum absolute atomic E-state index is 5.65. The maximum atomic E-state index is 5.65. The predicted octanol–water partition coefficient (Wildman–Crippen LogP) is 4.81. The van der Waals surface area contributed by atoms with Gasteiger partial charge in [-0.1, -0.05) is 48.1 Å². The third-order valence-electron chi connectivity index (χ3n) is 5.38. The Bertz CT molecular complexity index is 872. The first kappa shape index (κ1) is 18.6. The average Bonchev–Trinajstić information content (AvgIpc) is 3.22. The molecule has 0 amide bonds. The topological polar surface area (TPSA) is 39.7 Å². The molecule has 28 heavy (non-hydrogen) atoms. The van der Waals surface area contributed by atoms with Crippen LogP contribution in [0.1, 0.15) is 36.3 Å². The number of fused-ring (bicyclic) bond motifs is 1. The van der Waals surface area contributed by atoms with Gasteiger partial charge in [0, 0.05) is 18.0 Å². The van der Waals surface area contributed by atoms with Crippen molar-refractivity contribution in [3.63, 3.8) is 0 Å². The fourth-order valence-electron chi connectivity index (χ4n) is 3.88. The van der Waals surface area contributed by atoms with Crippen molar-refractivity contribution in [2.24, 2.45) is 0 Å². The molecule has 0 spiro atoms. The molecule has 4 heteroatoms. The normalized spacial score (nSPS) is 16.0. The molecular weight excluding hydrogens is 350 g/mol. The maximum Gasteiger partial charge on any atom is 0.231 e. The lowest BCUT2D eigenvalue weighted by atomic mass is 9.87. The number of para-hydroxylation sites is 1. The first-order valence-corrected chi connectivity index (χ1v) is 9.93. The van der Waals surface area contributed by atoms with E-state index in [4.69, 9.17) is 14.2 Å². The van der Waals surface area contributed by atoms with Gasteiger partial charge in [-0.3, -0.25) is 0 Å². The lowest BCUT2D eigenvalue weighted by Gasteiger charge is -2.21. The van der Waals surface area contributed by atoms with Crippen LogP contribution in [0, 0.1) is 0 Å². The Morgan fingerprint density at radius 3 is 2.86 bits per heavy atom. The van der Waals surface area contributed by atoms with E-state index in [1.54, 1.807) is 7.11 Å². The Hall–Kier alpha value is -2.72. The van der Waals surface area contributed by atoms with E-state index in [2.05, 4.69) is 47.8 Å². The SMILES string of the molecule is COc1ccccc1C(CCNCC1=CC=CCC1)c1ccc2c(c1)OCO2. The van der Waals surface area contributed by atoms with Gasteiger partial charge < -0.3 is 19.5 Å². The number of nitrogens with one attached hydrogen (secondary N) is 1. The Kier molecular flexibility index (Phi) is 5.98. The van der Waals surface area contributed by atoms with E-state index in [1.807, 2.05) is 18.2 Å². The van der Waals surface area contributed by atoms with E-state index in [0.717, 1.165) is 49.6 Å². The second-order valence-corrected chi connectivity index (χ2v) is 7.16. The van der Waals surface area contributed by atoms with Crippen LogP contribution in [-0.2, 0) is 0 Å². The standard InChI is InChI=1S/C24H27NO3/c1-26-22-10-6-5-9-21(22)20(13-14-25-16-18-7-3-2-4-8-18)19-11-12-23-24(15-19)28-17-27-23/h2-3,5-7,9-12,15,20,25H,4,8,13-14,16-17H2,1H3. The first-order chi connectivity index (χ1) is 13.8. The van der Waals surface area contributed by atoms with Crippen molar-refractivity contribution in [3.05, 3.63) is 77.4 Å². The zero-order chi connectivity index (χ0) is 19.2. The van der Waals surface area contributed by atoms with Gasteiger partial charge in [0.05, 0.1) is 7.11 Å². The van der Waals surface area contributed by atoms with Gasteiger partial charge >= 0.3 is 0 Å². The van der Waals surface area contributed by atoms with Gasteiger partial charge in [-0.05, 0) is 49.6 Å². The van der Waals surface area contributed by atoms with Crippen molar-refractivity contribution < 1.29 is 14.2 Å². The summed E-state index contributed by atoms with van der Waals surface area (Å²) in [5, 5.41) is 3.62. The zero-order valence-corrected chi connectivity index (χ0v) is 16.3. The summed E-state index contributed by atoms with van der Waals surface area (Å²) >= 11 is 0. The molecule has 0 fully saturated rings. The summed E-state index contributed by atoms with van der Waals surface area (Å²) < 4.78 is 16.7. The summed E-state index contributed by atoms with van der Waals surface area (Å²) in [6.07, 6.45) is 9.89. The van der Waals surface area contributed by atoms with Crippen LogP contribution in [0.4, 0.5) is 0 Å². The van der Waals surface area contributed by atoms with Crippen molar-refractivity contribution in [2.75, 3.05) is 27.0 Å². The van der Waals surface area contributed by atoms with Crippen LogP contribution < -0.4 is 19.5 Å². The van der Waals surface area contributed by atoms with Crippen LogP contribution in [0.15, 0.2) is 66.3 Å². The van der Waals surface area contributed by atoms with Crippen LogP contribution in [0.2, 0.25) is 0 Å². The highest BCUT2D eigenvalue weighted by Crippen LogP contribution is 2.39. The van der Waals surface area contributed by atoms with Gasteiger partial charge in [-0.25, -0.2) is 0 Å². The minimum absolute atomic E-state index is 0.221. The molecule has 0 aromatic heterocycles. The van der Waals surface area contributed by atoms with Crippen LogP contribution in [0.3, 0.4) is 0 Å². The van der Waals surface area contributed by atoms with Crippen molar-refractivity contribution >= 4 is 0 Å². The molecule has 1 aliphatic carbocycles. The smallest absolute Gasteiger partial charge is 0.231 e. The van der Waals surface area contributed by atoms with Crippen molar-refractivity contribution in [1.29, 1.82) is 0 Å². The highest BCUT2D eigenvalue weighted by Gasteiger charge is 2.21. The molecule has 0 radical (unpaired) electrons. The summed E-state index contributed by atoms with van der Waals surface area (Å²) in [7, 11) is 1.73. The molecule has 1 N–H and O–H groups in total.